The molecule has 28 heavy (non-hydrogen) atoms. The molecule has 1 aliphatic carbocycles. The van der Waals surface area contributed by atoms with Gasteiger partial charge < -0.3 is 9.88 Å². The Morgan fingerprint density at radius 3 is 2.86 bits per heavy atom. The first kappa shape index (κ1) is 18.8. The number of pyridine rings is 1. The van der Waals surface area contributed by atoms with Crippen LogP contribution in [0.3, 0.4) is 0 Å². The van der Waals surface area contributed by atoms with E-state index in [0.717, 1.165) is 47.0 Å². The molecule has 0 atom stereocenters. The first-order valence-corrected chi connectivity index (χ1v) is 11.0. The second kappa shape index (κ2) is 8.61. The summed E-state index contributed by atoms with van der Waals surface area (Å²) in [6.45, 7) is 0.773. The van der Waals surface area contributed by atoms with E-state index < -0.39 is 0 Å². The molecule has 1 N–H and O–H groups in total. The lowest BCUT2D eigenvalue weighted by molar-refractivity contribution is 0.461. The Labute approximate surface area is 169 Å². The highest BCUT2D eigenvalue weighted by Gasteiger charge is 2.23. The van der Waals surface area contributed by atoms with Crippen LogP contribution in [0.5, 0.6) is 0 Å². The van der Waals surface area contributed by atoms with Crippen LogP contribution in [0.15, 0.2) is 35.6 Å². The number of nitriles is 1. The maximum atomic E-state index is 9.45. The van der Waals surface area contributed by atoms with E-state index in [-0.39, 0.29) is 0 Å². The molecule has 1 aliphatic rings. The van der Waals surface area contributed by atoms with Crippen LogP contribution < -0.4 is 5.32 Å². The summed E-state index contributed by atoms with van der Waals surface area (Å²) in [6, 6.07) is 10.7. The molecule has 2 aromatic heterocycles. The molecule has 0 spiro atoms. The maximum Gasteiger partial charge on any atom is 0.191 e. The molecule has 3 aromatic rings. The molecular formula is C21H24N6S. The van der Waals surface area contributed by atoms with E-state index in [4.69, 9.17) is 0 Å². The van der Waals surface area contributed by atoms with Gasteiger partial charge in [-0.25, -0.2) is 0 Å². The minimum absolute atomic E-state index is 0.551. The van der Waals surface area contributed by atoms with Crippen LogP contribution in [0.25, 0.3) is 10.9 Å². The SMILES string of the molecule is CSc1nnc(CCCNc2c(C#N)cnc3ccccc23)n1C1CCCC1. The molecule has 0 bridgehead atoms. The number of hydrogen-bond donors (Lipinski definition) is 1. The van der Waals surface area contributed by atoms with Crippen molar-refractivity contribution in [2.75, 3.05) is 18.1 Å². The van der Waals surface area contributed by atoms with Crippen LogP contribution in [-0.2, 0) is 6.42 Å². The molecule has 4 rings (SSSR count). The highest BCUT2D eigenvalue weighted by atomic mass is 32.2. The Kier molecular flexibility index (Phi) is 5.77. The fourth-order valence-corrected chi connectivity index (χ4v) is 4.60. The van der Waals surface area contributed by atoms with Crippen molar-refractivity contribution < 1.29 is 0 Å². The van der Waals surface area contributed by atoms with Crippen LogP contribution in [-0.4, -0.2) is 32.5 Å². The third-order valence-electron chi connectivity index (χ3n) is 5.38. The number of aryl methyl sites for hydroxylation is 1. The van der Waals surface area contributed by atoms with Gasteiger partial charge in [-0.3, -0.25) is 4.98 Å². The van der Waals surface area contributed by atoms with Crippen molar-refractivity contribution in [1.82, 2.24) is 19.7 Å². The topological polar surface area (TPSA) is 79.4 Å². The van der Waals surface area contributed by atoms with Gasteiger partial charge in [0.1, 0.15) is 11.9 Å². The van der Waals surface area contributed by atoms with E-state index >= 15 is 0 Å². The minimum atomic E-state index is 0.551. The number of rotatable bonds is 7. The zero-order valence-electron chi connectivity index (χ0n) is 16.1. The maximum absolute atomic E-state index is 9.45. The van der Waals surface area contributed by atoms with Gasteiger partial charge in [0.25, 0.3) is 0 Å². The molecular weight excluding hydrogens is 368 g/mol. The van der Waals surface area contributed by atoms with Gasteiger partial charge in [-0.2, -0.15) is 5.26 Å². The Morgan fingerprint density at radius 1 is 1.25 bits per heavy atom. The van der Waals surface area contributed by atoms with Crippen LogP contribution in [0.4, 0.5) is 5.69 Å². The number of aromatic nitrogens is 4. The van der Waals surface area contributed by atoms with Crippen molar-refractivity contribution in [3.63, 3.8) is 0 Å². The summed E-state index contributed by atoms with van der Waals surface area (Å²) in [5, 5.41) is 23.8. The smallest absolute Gasteiger partial charge is 0.191 e. The number of para-hydroxylation sites is 1. The Bertz CT molecular complexity index is 1000. The van der Waals surface area contributed by atoms with Crippen molar-refractivity contribution in [3.8, 4) is 6.07 Å². The van der Waals surface area contributed by atoms with E-state index in [0.29, 0.717) is 11.6 Å². The number of nitrogens with zero attached hydrogens (tertiary/aromatic N) is 5. The van der Waals surface area contributed by atoms with Crippen molar-refractivity contribution in [1.29, 1.82) is 5.26 Å². The van der Waals surface area contributed by atoms with Gasteiger partial charge in [0.05, 0.1) is 16.8 Å². The van der Waals surface area contributed by atoms with E-state index in [1.165, 1.54) is 25.7 Å². The molecule has 0 amide bonds. The predicted molar refractivity (Wildman–Crippen MR) is 113 cm³/mol. The van der Waals surface area contributed by atoms with Crippen molar-refractivity contribution >= 4 is 28.4 Å². The van der Waals surface area contributed by atoms with E-state index in [1.54, 1.807) is 18.0 Å². The van der Waals surface area contributed by atoms with E-state index in [9.17, 15) is 5.26 Å². The monoisotopic (exact) mass is 392 g/mol. The second-order valence-corrected chi connectivity index (χ2v) is 7.89. The number of hydrogen-bond acceptors (Lipinski definition) is 6. The lowest BCUT2D eigenvalue weighted by Crippen LogP contribution is -2.12. The van der Waals surface area contributed by atoms with Crippen LogP contribution >= 0.6 is 11.8 Å². The Morgan fingerprint density at radius 2 is 2.07 bits per heavy atom. The molecule has 1 fully saturated rings. The van der Waals surface area contributed by atoms with Crippen LogP contribution in [0, 0.1) is 11.3 Å². The fraction of sp³-hybridized carbons (Fsp3) is 0.429. The predicted octanol–water partition coefficient (Wildman–Crippen LogP) is 4.58. The summed E-state index contributed by atoms with van der Waals surface area (Å²) in [4.78, 5) is 4.37. The van der Waals surface area contributed by atoms with Gasteiger partial charge >= 0.3 is 0 Å². The molecule has 144 valence electrons. The Balaban J connectivity index is 1.45. The molecule has 1 aromatic carbocycles. The number of thioether (sulfide) groups is 1. The summed E-state index contributed by atoms with van der Waals surface area (Å²) in [6.07, 6.45) is 10.6. The van der Waals surface area contributed by atoms with E-state index in [2.05, 4.69) is 37.4 Å². The first-order chi connectivity index (χ1) is 13.8. The molecule has 7 heteroatoms. The van der Waals surface area contributed by atoms with Crippen LogP contribution in [0.2, 0.25) is 0 Å². The molecule has 0 aliphatic heterocycles. The molecule has 0 radical (unpaired) electrons. The highest BCUT2D eigenvalue weighted by Crippen LogP contribution is 2.33. The average molecular weight is 393 g/mol. The molecule has 0 unspecified atom stereocenters. The Hall–Kier alpha value is -2.59. The lowest BCUT2D eigenvalue weighted by atomic mass is 10.1. The minimum Gasteiger partial charge on any atom is -0.383 e. The average Bonchev–Trinajstić information content (AvgIpc) is 3.40. The van der Waals surface area contributed by atoms with Gasteiger partial charge in [-0.15, -0.1) is 10.2 Å². The van der Waals surface area contributed by atoms with Crippen molar-refractivity contribution in [2.24, 2.45) is 0 Å². The van der Waals surface area contributed by atoms with Gasteiger partial charge in [0.2, 0.25) is 0 Å². The molecule has 6 nitrogen and oxygen atoms in total. The third-order valence-corrected chi connectivity index (χ3v) is 6.03. The van der Waals surface area contributed by atoms with Crippen LogP contribution in [0.1, 0.15) is 49.5 Å². The van der Waals surface area contributed by atoms with Gasteiger partial charge in [0, 0.05) is 30.6 Å². The van der Waals surface area contributed by atoms with E-state index in [1.807, 2.05) is 24.3 Å². The summed E-state index contributed by atoms with van der Waals surface area (Å²) < 4.78 is 2.36. The summed E-state index contributed by atoms with van der Waals surface area (Å²) in [7, 11) is 0. The zero-order valence-corrected chi connectivity index (χ0v) is 16.9. The van der Waals surface area contributed by atoms with Crippen molar-refractivity contribution in [2.45, 2.75) is 49.7 Å². The van der Waals surface area contributed by atoms with Crippen molar-refractivity contribution in [3.05, 3.63) is 41.9 Å². The number of anilines is 1. The molecule has 2 heterocycles. The fourth-order valence-electron chi connectivity index (χ4n) is 4.02. The summed E-state index contributed by atoms with van der Waals surface area (Å²) >= 11 is 1.68. The number of fused-ring (bicyclic) bond motifs is 1. The normalized spacial score (nSPS) is 14.4. The number of nitrogens with one attached hydrogen (secondary N) is 1. The highest BCUT2D eigenvalue weighted by molar-refractivity contribution is 7.98. The van der Waals surface area contributed by atoms with Gasteiger partial charge in [-0.1, -0.05) is 42.8 Å². The quantitative estimate of drug-likeness (QED) is 0.468. The lowest BCUT2D eigenvalue weighted by Gasteiger charge is -2.16. The van der Waals surface area contributed by atoms with Gasteiger partial charge in [-0.05, 0) is 31.6 Å². The van der Waals surface area contributed by atoms with Gasteiger partial charge in [0.15, 0.2) is 5.16 Å². The standard InChI is InChI=1S/C21H24N6S/c1-28-21-26-25-19(27(21)16-7-2-3-8-16)11-6-12-23-20-15(13-22)14-24-18-10-5-4-9-17(18)20/h4-5,9-10,14,16H,2-3,6-8,11-12H2,1H3,(H,23,24). The summed E-state index contributed by atoms with van der Waals surface area (Å²) in [5.74, 6) is 1.08. The summed E-state index contributed by atoms with van der Waals surface area (Å²) in [5.41, 5.74) is 2.35. The number of benzene rings is 1. The second-order valence-electron chi connectivity index (χ2n) is 7.12. The zero-order chi connectivity index (χ0) is 19.3. The molecule has 0 saturated heterocycles. The largest absolute Gasteiger partial charge is 0.383 e. The first-order valence-electron chi connectivity index (χ1n) is 9.81. The third kappa shape index (κ3) is 3.69. The molecule has 1 saturated carbocycles.